The molecule has 0 aliphatic heterocycles. The first kappa shape index (κ1) is 13.4. The van der Waals surface area contributed by atoms with E-state index < -0.39 is 0 Å². The highest BCUT2D eigenvalue weighted by atomic mass is 19.1. The van der Waals surface area contributed by atoms with E-state index in [1.807, 2.05) is 25.1 Å². The molecule has 0 atom stereocenters. The van der Waals surface area contributed by atoms with Crippen molar-refractivity contribution in [2.45, 2.75) is 13.8 Å². The van der Waals surface area contributed by atoms with Gasteiger partial charge in [-0.15, -0.1) is 0 Å². The first-order valence-corrected chi connectivity index (χ1v) is 6.66. The number of rotatable bonds is 2. The van der Waals surface area contributed by atoms with E-state index in [0.717, 1.165) is 5.56 Å². The first-order valence-electron chi connectivity index (χ1n) is 6.66. The molecule has 0 radical (unpaired) electrons. The lowest BCUT2D eigenvalue weighted by atomic mass is 10.1. The Morgan fingerprint density at radius 3 is 2.62 bits per heavy atom. The zero-order chi connectivity index (χ0) is 15.0. The number of aromatic nitrogens is 2. The summed E-state index contributed by atoms with van der Waals surface area (Å²) in [5.74, 6) is -0.0682. The third kappa shape index (κ3) is 2.52. The quantitative estimate of drug-likeness (QED) is 0.740. The highest BCUT2D eigenvalue weighted by Crippen LogP contribution is 2.31. The molecule has 0 aliphatic rings. The Bertz CT molecular complexity index is 808. The van der Waals surface area contributed by atoms with Crippen LogP contribution in [-0.4, -0.2) is 15.3 Å². The maximum Gasteiger partial charge on any atom is 0.126 e. The number of benzene rings is 2. The van der Waals surface area contributed by atoms with Gasteiger partial charge in [-0.05, 0) is 43.7 Å². The molecule has 0 saturated carbocycles. The van der Waals surface area contributed by atoms with Crippen LogP contribution < -0.4 is 0 Å². The van der Waals surface area contributed by atoms with Crippen molar-refractivity contribution in [1.29, 1.82) is 0 Å². The van der Waals surface area contributed by atoms with Gasteiger partial charge in [0.15, 0.2) is 0 Å². The second-order valence-electron chi connectivity index (χ2n) is 5.15. The Hall–Kier alpha value is -2.62. The summed E-state index contributed by atoms with van der Waals surface area (Å²) >= 11 is 0. The fraction of sp³-hybridized carbons (Fsp3) is 0.118. The molecule has 1 aromatic heterocycles. The average molecular weight is 282 g/mol. The fourth-order valence-corrected chi connectivity index (χ4v) is 2.23. The Balaban J connectivity index is 2.03. The largest absolute Gasteiger partial charge is 0.507 e. The summed E-state index contributed by atoms with van der Waals surface area (Å²) in [4.78, 5) is 0. The minimum atomic E-state index is -0.254. The Morgan fingerprint density at radius 2 is 1.86 bits per heavy atom. The predicted molar refractivity (Wildman–Crippen MR) is 80.6 cm³/mol. The molecular formula is C17H15FN2O. The molecule has 0 unspecified atom stereocenters. The Kier molecular flexibility index (Phi) is 3.22. The zero-order valence-electron chi connectivity index (χ0n) is 11.8. The molecule has 0 fully saturated rings. The van der Waals surface area contributed by atoms with Gasteiger partial charge in [-0.2, -0.15) is 5.10 Å². The fourth-order valence-electron chi connectivity index (χ4n) is 2.23. The lowest BCUT2D eigenvalue weighted by molar-refractivity contribution is 0.477. The highest BCUT2D eigenvalue weighted by molar-refractivity contribution is 5.72. The number of halogens is 1. The lowest BCUT2D eigenvalue weighted by Gasteiger charge is -2.02. The van der Waals surface area contributed by atoms with Gasteiger partial charge in [0.05, 0.1) is 11.4 Å². The summed E-state index contributed by atoms with van der Waals surface area (Å²) in [6.45, 7) is 3.68. The summed E-state index contributed by atoms with van der Waals surface area (Å²) in [5, 5.41) is 17.0. The number of hydrogen-bond donors (Lipinski definition) is 2. The third-order valence-corrected chi connectivity index (χ3v) is 3.49. The number of aromatic amines is 1. The second kappa shape index (κ2) is 5.05. The van der Waals surface area contributed by atoms with Gasteiger partial charge in [-0.3, -0.25) is 5.10 Å². The molecule has 21 heavy (non-hydrogen) atoms. The van der Waals surface area contributed by atoms with Crippen LogP contribution in [0.2, 0.25) is 0 Å². The number of nitrogens with one attached hydrogen (secondary N) is 1. The van der Waals surface area contributed by atoms with Gasteiger partial charge in [0.25, 0.3) is 0 Å². The average Bonchev–Trinajstić information content (AvgIpc) is 2.94. The standard InChI is InChI=1S/C17H15FN2O/c1-10-3-6-17(21)13(7-10)16-9-15(19-20-16)12-5-4-11(2)14(18)8-12/h3-9,21H,1-2H3,(H,19,20). The third-order valence-electron chi connectivity index (χ3n) is 3.49. The predicted octanol–water partition coefficient (Wildman–Crippen LogP) is 4.21. The maximum atomic E-state index is 13.6. The minimum absolute atomic E-state index is 0.186. The van der Waals surface area contributed by atoms with Crippen molar-refractivity contribution in [2.75, 3.05) is 0 Å². The summed E-state index contributed by atoms with van der Waals surface area (Å²) < 4.78 is 13.6. The van der Waals surface area contributed by atoms with Gasteiger partial charge < -0.3 is 5.11 Å². The summed E-state index contributed by atoms with van der Waals surface area (Å²) in [7, 11) is 0. The smallest absolute Gasteiger partial charge is 0.126 e. The molecular weight excluding hydrogens is 267 g/mol. The number of aromatic hydroxyl groups is 1. The molecule has 2 aromatic carbocycles. The van der Waals surface area contributed by atoms with Crippen molar-refractivity contribution in [2.24, 2.45) is 0 Å². The van der Waals surface area contributed by atoms with E-state index in [2.05, 4.69) is 10.2 Å². The molecule has 3 nitrogen and oxygen atoms in total. The van der Waals surface area contributed by atoms with Gasteiger partial charge in [-0.1, -0.05) is 23.8 Å². The zero-order valence-corrected chi connectivity index (χ0v) is 11.8. The van der Waals surface area contributed by atoms with E-state index in [1.54, 1.807) is 25.1 Å². The van der Waals surface area contributed by atoms with E-state index in [-0.39, 0.29) is 11.6 Å². The monoisotopic (exact) mass is 282 g/mol. The summed E-state index contributed by atoms with van der Waals surface area (Å²) in [6.07, 6.45) is 0. The lowest BCUT2D eigenvalue weighted by Crippen LogP contribution is -1.84. The van der Waals surface area contributed by atoms with E-state index in [1.165, 1.54) is 6.07 Å². The molecule has 2 N–H and O–H groups in total. The molecule has 0 bridgehead atoms. The number of phenolic OH excluding ortho intramolecular Hbond substituents is 1. The topological polar surface area (TPSA) is 48.9 Å². The molecule has 3 rings (SSSR count). The maximum absolute atomic E-state index is 13.6. The highest BCUT2D eigenvalue weighted by Gasteiger charge is 2.10. The van der Waals surface area contributed by atoms with Crippen molar-refractivity contribution >= 4 is 0 Å². The van der Waals surface area contributed by atoms with Crippen LogP contribution in [0.25, 0.3) is 22.5 Å². The molecule has 0 spiro atoms. The Morgan fingerprint density at radius 1 is 1.05 bits per heavy atom. The van der Waals surface area contributed by atoms with Crippen molar-refractivity contribution < 1.29 is 9.50 Å². The van der Waals surface area contributed by atoms with Crippen LogP contribution in [0, 0.1) is 19.7 Å². The van der Waals surface area contributed by atoms with Gasteiger partial charge >= 0.3 is 0 Å². The van der Waals surface area contributed by atoms with E-state index in [4.69, 9.17) is 0 Å². The van der Waals surface area contributed by atoms with Gasteiger partial charge in [0.1, 0.15) is 11.6 Å². The van der Waals surface area contributed by atoms with Crippen LogP contribution in [0.3, 0.4) is 0 Å². The number of hydrogen-bond acceptors (Lipinski definition) is 2. The van der Waals surface area contributed by atoms with Crippen molar-refractivity contribution in [3.8, 4) is 28.3 Å². The van der Waals surface area contributed by atoms with Crippen LogP contribution in [0.5, 0.6) is 5.75 Å². The van der Waals surface area contributed by atoms with Crippen LogP contribution in [0.4, 0.5) is 4.39 Å². The normalized spacial score (nSPS) is 10.8. The van der Waals surface area contributed by atoms with E-state index in [0.29, 0.717) is 28.1 Å². The van der Waals surface area contributed by atoms with Crippen molar-refractivity contribution in [3.05, 3.63) is 59.4 Å². The van der Waals surface area contributed by atoms with Crippen LogP contribution in [0.15, 0.2) is 42.5 Å². The summed E-state index contributed by atoms with van der Waals surface area (Å²) in [6, 6.07) is 12.2. The van der Waals surface area contributed by atoms with Crippen LogP contribution >= 0.6 is 0 Å². The second-order valence-corrected chi connectivity index (χ2v) is 5.15. The molecule has 106 valence electrons. The number of phenols is 1. The number of aryl methyl sites for hydroxylation is 2. The molecule has 0 amide bonds. The van der Waals surface area contributed by atoms with E-state index in [9.17, 15) is 9.50 Å². The molecule has 0 aliphatic carbocycles. The van der Waals surface area contributed by atoms with E-state index >= 15 is 0 Å². The number of H-pyrrole nitrogens is 1. The number of nitrogens with zero attached hydrogens (tertiary/aromatic N) is 1. The Labute approximate surface area is 122 Å². The molecule has 4 heteroatoms. The molecule has 1 heterocycles. The summed E-state index contributed by atoms with van der Waals surface area (Å²) in [5.41, 5.74) is 4.37. The van der Waals surface area contributed by atoms with Crippen molar-refractivity contribution in [3.63, 3.8) is 0 Å². The SMILES string of the molecule is Cc1ccc(O)c(-c2cc(-c3ccc(C)c(F)c3)n[nH]2)c1. The molecule has 0 saturated heterocycles. The van der Waals surface area contributed by atoms with Gasteiger partial charge in [0, 0.05) is 11.1 Å². The van der Waals surface area contributed by atoms with Crippen LogP contribution in [-0.2, 0) is 0 Å². The van der Waals surface area contributed by atoms with Gasteiger partial charge in [-0.25, -0.2) is 4.39 Å². The van der Waals surface area contributed by atoms with Crippen LogP contribution in [0.1, 0.15) is 11.1 Å². The first-order chi connectivity index (χ1) is 10.0. The van der Waals surface area contributed by atoms with Gasteiger partial charge in [0.2, 0.25) is 0 Å². The van der Waals surface area contributed by atoms with Crippen molar-refractivity contribution in [1.82, 2.24) is 10.2 Å². The minimum Gasteiger partial charge on any atom is -0.507 e. The molecule has 3 aromatic rings.